The van der Waals surface area contributed by atoms with Crippen molar-refractivity contribution in [1.82, 2.24) is 15.1 Å². The van der Waals surface area contributed by atoms with Crippen LogP contribution in [-0.2, 0) is 17.7 Å². The molecule has 1 aromatic heterocycles. The maximum absolute atomic E-state index is 12.5. The molecular formula is C28H30N4O2. The summed E-state index contributed by atoms with van der Waals surface area (Å²) in [6.07, 6.45) is 0.941. The first kappa shape index (κ1) is 22.3. The summed E-state index contributed by atoms with van der Waals surface area (Å²) in [5.74, 6) is -0.472. The Morgan fingerprint density at radius 1 is 1.18 bits per heavy atom. The lowest BCUT2D eigenvalue weighted by Crippen LogP contribution is -2.27. The van der Waals surface area contributed by atoms with E-state index < -0.39 is 5.91 Å². The molecule has 0 saturated carbocycles. The molecule has 0 radical (unpaired) electrons. The van der Waals surface area contributed by atoms with Gasteiger partial charge in [-0.25, -0.2) is 0 Å². The molecular weight excluding hydrogens is 424 g/mol. The first-order valence-electron chi connectivity index (χ1n) is 11.6. The van der Waals surface area contributed by atoms with Crippen molar-refractivity contribution in [3.05, 3.63) is 76.3 Å². The number of carbonyl (C=O) groups is 1. The molecule has 0 aliphatic carbocycles. The van der Waals surface area contributed by atoms with Crippen molar-refractivity contribution in [2.45, 2.75) is 32.9 Å². The maximum Gasteiger partial charge on any atom is 0.249 e. The second-order valence-electron chi connectivity index (χ2n) is 9.26. The van der Waals surface area contributed by atoms with Crippen LogP contribution < -0.4 is 5.73 Å². The van der Waals surface area contributed by atoms with E-state index in [2.05, 4.69) is 41.2 Å². The summed E-state index contributed by atoms with van der Waals surface area (Å²) in [6, 6.07) is 16.3. The van der Waals surface area contributed by atoms with Gasteiger partial charge in [-0.15, -0.1) is 0 Å². The average Bonchev–Trinajstić information content (AvgIpc) is 3.25. The molecule has 2 heterocycles. The van der Waals surface area contributed by atoms with Gasteiger partial charge in [0.15, 0.2) is 0 Å². The minimum absolute atomic E-state index is 0.128. The van der Waals surface area contributed by atoms with E-state index in [9.17, 15) is 4.79 Å². The molecule has 0 fully saturated rings. The molecule has 1 aliphatic heterocycles. The van der Waals surface area contributed by atoms with Crippen molar-refractivity contribution in [3.63, 3.8) is 0 Å². The third-order valence-corrected chi connectivity index (χ3v) is 7.03. The highest BCUT2D eigenvalue weighted by Crippen LogP contribution is 2.37. The van der Waals surface area contributed by atoms with Crippen LogP contribution in [0.3, 0.4) is 0 Å². The third kappa shape index (κ3) is 3.79. The minimum Gasteiger partial charge on any atom is -0.377 e. The summed E-state index contributed by atoms with van der Waals surface area (Å²) in [5.41, 5.74) is 15.8. The predicted molar refractivity (Wildman–Crippen MR) is 136 cm³/mol. The average molecular weight is 455 g/mol. The number of primary amides is 1. The van der Waals surface area contributed by atoms with Crippen molar-refractivity contribution in [1.29, 1.82) is 0 Å². The van der Waals surface area contributed by atoms with Gasteiger partial charge < -0.3 is 15.4 Å². The molecule has 0 unspecified atom stereocenters. The number of hydrogen-bond donors (Lipinski definition) is 2. The smallest absolute Gasteiger partial charge is 0.249 e. The van der Waals surface area contributed by atoms with Crippen molar-refractivity contribution >= 4 is 16.8 Å². The molecule has 3 N–H and O–H groups in total. The zero-order valence-electron chi connectivity index (χ0n) is 20.1. The number of carbonyl (C=O) groups excluding carboxylic acids is 1. The van der Waals surface area contributed by atoms with Crippen LogP contribution in [0.1, 0.15) is 45.6 Å². The highest BCUT2D eigenvalue weighted by Gasteiger charge is 2.21. The molecule has 4 aromatic rings. The molecule has 3 aromatic carbocycles. The lowest BCUT2D eigenvalue weighted by molar-refractivity contribution is 0.100. The molecule has 6 nitrogen and oxygen atoms in total. The van der Waals surface area contributed by atoms with Crippen molar-refractivity contribution < 1.29 is 9.53 Å². The molecule has 34 heavy (non-hydrogen) atoms. The van der Waals surface area contributed by atoms with Crippen LogP contribution in [0.2, 0.25) is 0 Å². The van der Waals surface area contributed by atoms with Gasteiger partial charge in [0, 0.05) is 36.7 Å². The fraction of sp³-hybridized carbons (Fsp3) is 0.286. The van der Waals surface area contributed by atoms with Crippen molar-refractivity contribution in [2.75, 3.05) is 20.7 Å². The van der Waals surface area contributed by atoms with Crippen LogP contribution in [0.4, 0.5) is 0 Å². The number of ether oxygens (including phenoxy) is 1. The number of aryl methyl sites for hydroxylation is 1. The molecule has 0 saturated heterocycles. The normalized spacial score (nSPS) is 14.8. The van der Waals surface area contributed by atoms with Crippen molar-refractivity contribution in [3.8, 4) is 22.4 Å². The number of benzene rings is 3. The van der Waals surface area contributed by atoms with E-state index >= 15 is 0 Å². The van der Waals surface area contributed by atoms with E-state index in [1.54, 1.807) is 7.11 Å². The molecule has 6 heteroatoms. The Labute approximate surface area is 199 Å². The van der Waals surface area contributed by atoms with Gasteiger partial charge >= 0.3 is 0 Å². The Bertz CT molecular complexity index is 1410. The summed E-state index contributed by atoms with van der Waals surface area (Å²) in [7, 11) is 3.84. The summed E-state index contributed by atoms with van der Waals surface area (Å²) in [4.78, 5) is 14.8. The summed E-state index contributed by atoms with van der Waals surface area (Å²) in [6.45, 7) is 6.20. The number of fused-ring (bicyclic) bond motifs is 2. The topological polar surface area (TPSA) is 84.2 Å². The summed E-state index contributed by atoms with van der Waals surface area (Å²) < 4.78 is 5.60. The van der Waals surface area contributed by atoms with Crippen molar-refractivity contribution in [2.24, 2.45) is 5.73 Å². The third-order valence-electron chi connectivity index (χ3n) is 7.03. The van der Waals surface area contributed by atoms with Crippen LogP contribution in [0.25, 0.3) is 33.3 Å². The minimum atomic E-state index is -0.472. The number of likely N-dealkylation sites (N-methyl/N-ethyl adjacent to an activating group) is 1. The molecule has 5 rings (SSSR count). The van der Waals surface area contributed by atoms with Gasteiger partial charge in [0.05, 0.1) is 17.3 Å². The lowest BCUT2D eigenvalue weighted by atomic mass is 9.89. The maximum atomic E-state index is 12.5. The SMILES string of the molecule is CO[C@@H](C)c1ccccc1-c1cc2c(-c3cc(C)c4c(c3)CN(C)CC4)n[nH]c2cc1C(N)=O. The summed E-state index contributed by atoms with van der Waals surface area (Å²) in [5, 5.41) is 8.75. The molecule has 1 aliphatic rings. The second kappa shape index (κ2) is 8.70. The van der Waals surface area contributed by atoms with E-state index in [0.29, 0.717) is 5.56 Å². The van der Waals surface area contributed by atoms with Gasteiger partial charge in [0.25, 0.3) is 0 Å². The highest BCUT2D eigenvalue weighted by molar-refractivity contribution is 6.07. The van der Waals surface area contributed by atoms with Crippen LogP contribution >= 0.6 is 0 Å². The van der Waals surface area contributed by atoms with Crippen LogP contribution in [0, 0.1) is 6.92 Å². The zero-order chi connectivity index (χ0) is 24.0. The lowest BCUT2D eigenvalue weighted by Gasteiger charge is -2.26. The number of hydrogen-bond acceptors (Lipinski definition) is 4. The van der Waals surface area contributed by atoms with E-state index in [-0.39, 0.29) is 6.10 Å². The number of amides is 1. The number of methoxy groups -OCH3 is 1. The molecule has 0 spiro atoms. The predicted octanol–water partition coefficient (Wildman–Crippen LogP) is 5.00. The van der Waals surface area contributed by atoms with Crippen LogP contribution in [0.5, 0.6) is 0 Å². The van der Waals surface area contributed by atoms with E-state index in [4.69, 9.17) is 10.5 Å². The van der Waals surface area contributed by atoms with Crippen LogP contribution in [-0.4, -0.2) is 41.7 Å². The molecule has 174 valence electrons. The number of nitrogens with one attached hydrogen (secondary N) is 1. The van der Waals surface area contributed by atoms with Gasteiger partial charge in [-0.2, -0.15) is 5.10 Å². The number of nitrogens with two attached hydrogens (primary N) is 1. The number of aromatic nitrogens is 2. The van der Waals surface area contributed by atoms with Gasteiger partial charge in [0.2, 0.25) is 5.91 Å². The molecule has 0 bridgehead atoms. The molecule has 1 atom stereocenters. The highest BCUT2D eigenvalue weighted by atomic mass is 16.5. The quantitative estimate of drug-likeness (QED) is 0.444. The van der Waals surface area contributed by atoms with Gasteiger partial charge in [-0.1, -0.05) is 24.3 Å². The van der Waals surface area contributed by atoms with Gasteiger partial charge in [-0.3, -0.25) is 9.89 Å². The fourth-order valence-corrected chi connectivity index (χ4v) is 5.13. The number of nitrogens with zero attached hydrogens (tertiary/aromatic N) is 2. The Morgan fingerprint density at radius 3 is 2.74 bits per heavy atom. The van der Waals surface area contributed by atoms with E-state index in [0.717, 1.165) is 58.4 Å². The Morgan fingerprint density at radius 2 is 1.97 bits per heavy atom. The Balaban J connectivity index is 1.72. The standard InChI is InChI=1S/C28H30N4O2/c1-16-11-18(12-19-15-32(3)10-9-20(16)19)27-25-13-23(24(28(29)33)14-26(25)30-31-27)22-8-6-5-7-21(22)17(2)34-4/h5-8,11-14,17H,9-10,15H2,1-4H3,(H2,29,33)(H,30,31)/t17-/m0/s1. The van der Waals surface area contributed by atoms with Gasteiger partial charge in [0.1, 0.15) is 0 Å². The summed E-state index contributed by atoms with van der Waals surface area (Å²) >= 11 is 0. The van der Waals surface area contributed by atoms with E-state index in [1.807, 2.05) is 43.3 Å². The van der Waals surface area contributed by atoms with E-state index in [1.165, 1.54) is 16.7 Å². The number of H-pyrrole nitrogens is 1. The molecule has 1 amide bonds. The monoisotopic (exact) mass is 454 g/mol. The number of rotatable bonds is 5. The Kier molecular flexibility index (Phi) is 5.71. The Hall–Kier alpha value is -3.48. The zero-order valence-corrected chi connectivity index (χ0v) is 20.1. The van der Waals surface area contributed by atoms with Gasteiger partial charge in [-0.05, 0) is 85.0 Å². The first-order valence-corrected chi connectivity index (χ1v) is 11.6. The number of aromatic amines is 1. The fourth-order valence-electron chi connectivity index (χ4n) is 5.13. The first-order chi connectivity index (χ1) is 16.4. The largest absolute Gasteiger partial charge is 0.377 e. The van der Waals surface area contributed by atoms with Crippen LogP contribution in [0.15, 0.2) is 48.5 Å². The second-order valence-corrected chi connectivity index (χ2v) is 9.26.